The van der Waals surface area contributed by atoms with Gasteiger partial charge in [0.05, 0.1) is 11.8 Å². The summed E-state index contributed by atoms with van der Waals surface area (Å²) in [5, 5.41) is 2.64. The number of carbonyl (C=O) groups excluding carboxylic acids is 3. The van der Waals surface area contributed by atoms with Gasteiger partial charge in [-0.05, 0) is 42.8 Å². The monoisotopic (exact) mass is 590 g/mol. The van der Waals surface area contributed by atoms with E-state index in [2.05, 4.69) is 15.3 Å². The second-order valence-corrected chi connectivity index (χ2v) is 10.7. The Morgan fingerprint density at radius 1 is 1.02 bits per heavy atom. The molecule has 0 spiro atoms. The highest BCUT2D eigenvalue weighted by Crippen LogP contribution is 2.43. The first-order chi connectivity index (χ1) is 19.1. The lowest BCUT2D eigenvalue weighted by atomic mass is 9.87. The lowest BCUT2D eigenvalue weighted by Crippen LogP contribution is -2.54. The number of aromatic nitrogens is 2. The minimum atomic E-state index is -2.92. The zero-order valence-electron chi connectivity index (χ0n) is 20.9. The van der Waals surface area contributed by atoms with Crippen molar-refractivity contribution in [3.63, 3.8) is 0 Å². The number of anilines is 1. The smallest absolute Gasteiger partial charge is 0.252 e. The molecule has 0 aliphatic heterocycles. The third kappa shape index (κ3) is 5.55. The van der Waals surface area contributed by atoms with E-state index in [1.165, 1.54) is 42.7 Å². The molecule has 2 aliphatic carbocycles. The van der Waals surface area contributed by atoms with Gasteiger partial charge in [-0.15, -0.1) is 0 Å². The van der Waals surface area contributed by atoms with Gasteiger partial charge in [-0.25, -0.2) is 23.1 Å². The fourth-order valence-electron chi connectivity index (χ4n) is 5.31. The molecule has 7 nitrogen and oxygen atoms in total. The first-order valence-corrected chi connectivity index (χ1v) is 13.3. The van der Waals surface area contributed by atoms with E-state index >= 15 is 0 Å². The minimum Gasteiger partial charge on any atom is -0.351 e. The summed E-state index contributed by atoms with van der Waals surface area (Å²) in [6.45, 7) is 0. The molecule has 2 amide bonds. The Hall–Kier alpha value is -3.50. The van der Waals surface area contributed by atoms with Gasteiger partial charge in [0.2, 0.25) is 11.8 Å². The maximum atomic E-state index is 14.5. The Morgan fingerprint density at radius 2 is 1.68 bits per heavy atom. The molecule has 3 atom stereocenters. The first-order valence-electron chi connectivity index (χ1n) is 12.6. The summed E-state index contributed by atoms with van der Waals surface area (Å²) in [5.41, 5.74) is 0.0241. The number of hydrogen-bond donors (Lipinski definition) is 1. The van der Waals surface area contributed by atoms with Crippen molar-refractivity contribution in [2.45, 2.75) is 49.6 Å². The van der Waals surface area contributed by atoms with Gasteiger partial charge >= 0.3 is 0 Å². The van der Waals surface area contributed by atoms with Gasteiger partial charge < -0.3 is 5.32 Å². The molecule has 3 aromatic rings. The zero-order chi connectivity index (χ0) is 28.6. The van der Waals surface area contributed by atoms with Gasteiger partial charge in [0, 0.05) is 59.0 Å². The molecule has 2 unspecified atom stereocenters. The van der Waals surface area contributed by atoms with Crippen LogP contribution in [0.4, 0.5) is 18.9 Å². The average Bonchev–Trinajstić information content (AvgIpc) is 3.28. The van der Waals surface area contributed by atoms with Crippen molar-refractivity contribution >= 4 is 46.5 Å². The van der Waals surface area contributed by atoms with E-state index in [1.807, 2.05) is 0 Å². The molecule has 1 heterocycles. The zero-order valence-corrected chi connectivity index (χ0v) is 22.4. The van der Waals surface area contributed by atoms with Gasteiger partial charge in [-0.2, -0.15) is 0 Å². The van der Waals surface area contributed by atoms with Gasteiger partial charge in [0.1, 0.15) is 23.5 Å². The highest BCUT2D eigenvalue weighted by atomic mass is 35.5. The molecule has 1 aromatic heterocycles. The second kappa shape index (κ2) is 11.2. The molecule has 1 N–H and O–H groups in total. The van der Waals surface area contributed by atoms with Crippen LogP contribution in [0, 0.1) is 11.7 Å². The number of carbonyl (C=O) groups is 3. The summed E-state index contributed by atoms with van der Waals surface area (Å²) >= 11 is 13.0. The van der Waals surface area contributed by atoms with Crippen LogP contribution in [0.3, 0.4) is 0 Å². The Kier molecular flexibility index (Phi) is 7.83. The van der Waals surface area contributed by atoms with Gasteiger partial charge in [-0.1, -0.05) is 35.3 Å². The summed E-state index contributed by atoms with van der Waals surface area (Å²) in [4.78, 5) is 50.6. The first kappa shape index (κ1) is 28.0. The molecule has 2 aliphatic rings. The maximum absolute atomic E-state index is 14.5. The van der Waals surface area contributed by atoms with Crippen LogP contribution in [0.2, 0.25) is 10.0 Å². The number of alkyl halides is 2. The van der Waals surface area contributed by atoms with E-state index in [1.54, 1.807) is 12.1 Å². The largest absolute Gasteiger partial charge is 0.351 e. The van der Waals surface area contributed by atoms with Gasteiger partial charge in [0.15, 0.2) is 0 Å². The highest BCUT2D eigenvalue weighted by Gasteiger charge is 2.49. The molecular weight excluding hydrogens is 568 g/mol. The molecule has 2 aromatic carbocycles. The fourth-order valence-corrected chi connectivity index (χ4v) is 5.91. The van der Waals surface area contributed by atoms with Crippen LogP contribution in [0.1, 0.15) is 49.0 Å². The molecule has 2 fully saturated rings. The molecule has 12 heteroatoms. The van der Waals surface area contributed by atoms with E-state index < -0.39 is 60.3 Å². The summed E-state index contributed by atoms with van der Waals surface area (Å²) in [6.07, 6.45) is 1.96. The van der Waals surface area contributed by atoms with Gasteiger partial charge in [-0.3, -0.25) is 19.3 Å². The van der Waals surface area contributed by atoms with Crippen LogP contribution >= 0.6 is 23.2 Å². The van der Waals surface area contributed by atoms with Crippen molar-refractivity contribution in [1.29, 1.82) is 0 Å². The summed E-state index contributed by atoms with van der Waals surface area (Å²) in [6, 6.07) is 8.64. The molecule has 0 radical (unpaired) electrons. The van der Waals surface area contributed by atoms with Crippen LogP contribution < -0.4 is 10.2 Å². The van der Waals surface area contributed by atoms with E-state index in [0.29, 0.717) is 0 Å². The van der Waals surface area contributed by atoms with E-state index in [4.69, 9.17) is 23.2 Å². The number of rotatable bonds is 7. The van der Waals surface area contributed by atoms with Crippen LogP contribution in [0.25, 0.3) is 0 Å². The molecule has 2 saturated carbocycles. The number of nitrogens with one attached hydrogen (secondary N) is 1. The van der Waals surface area contributed by atoms with Crippen LogP contribution in [-0.4, -0.2) is 39.5 Å². The Labute approximate surface area is 237 Å². The number of ketones is 1. The maximum Gasteiger partial charge on any atom is 0.252 e. The Balaban J connectivity index is 1.63. The van der Waals surface area contributed by atoms with Crippen LogP contribution in [-0.2, 0) is 14.4 Å². The van der Waals surface area contributed by atoms with E-state index in [-0.39, 0.29) is 45.7 Å². The number of nitrogens with zero attached hydrogens (tertiary/aromatic N) is 3. The van der Waals surface area contributed by atoms with Crippen molar-refractivity contribution in [3.05, 3.63) is 88.2 Å². The molecule has 208 valence electrons. The normalized spacial score (nSPS) is 21.0. The third-order valence-corrected chi connectivity index (χ3v) is 7.83. The SMILES string of the molecule is O=C1CC[C@@H](C(=O)N(c2cccc(F)c2)C(C(=O)NC2CC(F)(F)C2)c2c(Cl)cccc2Cl)C1c1ncccn1. The minimum absolute atomic E-state index is 0.00726. The second-order valence-electron chi connectivity index (χ2n) is 9.89. The Morgan fingerprint density at radius 3 is 2.30 bits per heavy atom. The standard InChI is InChI=1S/C28H23Cl2F3N4O3/c29-19-6-2-7-20(30)23(19)24(26(39)36-16-13-28(32,33)14-16)37(17-5-1-4-15(31)12-17)27(40)18-8-9-21(38)22(18)25-34-10-3-11-35-25/h1-7,10-12,16,18,22,24H,8-9,13-14H2,(H,36,39)/t18-,22?,24?/m1/s1. The van der Waals surface area contributed by atoms with Crippen molar-refractivity contribution < 1.29 is 27.6 Å². The number of Topliss-reactive ketones (excluding diaryl/α,β-unsaturated/α-hetero) is 1. The number of hydrogen-bond acceptors (Lipinski definition) is 5. The predicted molar refractivity (Wildman–Crippen MR) is 142 cm³/mol. The molecule has 0 saturated heterocycles. The van der Waals surface area contributed by atoms with Crippen molar-refractivity contribution in [2.75, 3.05) is 4.90 Å². The fraction of sp³-hybridized carbons (Fsp3) is 0.321. The third-order valence-electron chi connectivity index (χ3n) is 7.17. The average molecular weight is 591 g/mol. The molecule has 5 rings (SSSR count). The molecule has 0 bridgehead atoms. The molecular formula is C28H23Cl2F3N4O3. The van der Waals surface area contributed by atoms with Crippen molar-refractivity contribution in [3.8, 4) is 0 Å². The number of halogens is 5. The predicted octanol–water partition coefficient (Wildman–Crippen LogP) is 5.67. The quantitative estimate of drug-likeness (QED) is 0.382. The number of benzene rings is 2. The van der Waals surface area contributed by atoms with E-state index in [9.17, 15) is 27.6 Å². The summed E-state index contributed by atoms with van der Waals surface area (Å²) in [5.74, 6) is -7.23. The Bertz CT molecular complexity index is 1430. The lowest BCUT2D eigenvalue weighted by Gasteiger charge is -2.39. The van der Waals surface area contributed by atoms with Crippen LogP contribution in [0.5, 0.6) is 0 Å². The topological polar surface area (TPSA) is 92.3 Å². The van der Waals surface area contributed by atoms with Crippen molar-refractivity contribution in [2.24, 2.45) is 5.92 Å². The lowest BCUT2D eigenvalue weighted by molar-refractivity contribution is -0.133. The van der Waals surface area contributed by atoms with Crippen LogP contribution in [0.15, 0.2) is 60.9 Å². The molecule has 40 heavy (non-hydrogen) atoms. The van der Waals surface area contributed by atoms with E-state index in [0.717, 1.165) is 11.0 Å². The van der Waals surface area contributed by atoms with Gasteiger partial charge in [0.25, 0.3) is 5.92 Å². The summed E-state index contributed by atoms with van der Waals surface area (Å²) < 4.78 is 41.7. The summed E-state index contributed by atoms with van der Waals surface area (Å²) in [7, 11) is 0. The number of amides is 2. The highest BCUT2D eigenvalue weighted by molar-refractivity contribution is 6.36. The van der Waals surface area contributed by atoms with Crippen molar-refractivity contribution in [1.82, 2.24) is 15.3 Å².